The van der Waals surface area contributed by atoms with Gasteiger partial charge in [0, 0.05) is 59.3 Å². The van der Waals surface area contributed by atoms with Gasteiger partial charge in [0.2, 0.25) is 0 Å². The van der Waals surface area contributed by atoms with E-state index in [0.29, 0.717) is 17.5 Å². The molecule has 7 aromatic carbocycles. The summed E-state index contributed by atoms with van der Waals surface area (Å²) in [6.07, 6.45) is 0. The molecule has 252 valence electrons. The van der Waals surface area contributed by atoms with Crippen LogP contribution in [0.3, 0.4) is 0 Å². The predicted molar refractivity (Wildman–Crippen MR) is 221 cm³/mol. The second kappa shape index (κ2) is 12.4. The first-order chi connectivity index (χ1) is 26.0. The molecule has 0 N–H and O–H groups in total. The van der Waals surface area contributed by atoms with E-state index in [4.69, 9.17) is 15.0 Å². The van der Waals surface area contributed by atoms with Gasteiger partial charge in [-0.25, -0.2) is 15.0 Å². The quantitative estimate of drug-likeness (QED) is 0.173. The second-order valence-corrected chi connectivity index (χ2v) is 15.2. The number of hydrogen-bond acceptors (Lipinski definition) is 5. The van der Waals surface area contributed by atoms with Crippen LogP contribution in [-0.2, 0) is 5.41 Å². The van der Waals surface area contributed by atoms with Gasteiger partial charge < -0.3 is 4.90 Å². The third-order valence-electron chi connectivity index (χ3n) is 10.5. The lowest BCUT2D eigenvalue weighted by atomic mass is 9.82. The highest BCUT2D eigenvalue weighted by Gasteiger charge is 2.35. The fourth-order valence-electron chi connectivity index (χ4n) is 7.92. The van der Waals surface area contributed by atoms with Crippen molar-refractivity contribution in [2.75, 3.05) is 4.90 Å². The zero-order chi connectivity index (χ0) is 35.5. The van der Waals surface area contributed by atoms with Crippen molar-refractivity contribution in [1.82, 2.24) is 15.0 Å². The molecule has 0 spiro atoms. The molecule has 0 amide bonds. The standard InChI is InChI=1S/C48H34N4S/c1-48(2)40-23-13-12-21-36(40)37-27-25-34(29-41(37)48)52(33-19-10-5-11-20-33)35-26-28-38-43(30-35)53-42-24-14-22-39(44(38)42)47-50-45(31-15-6-3-7-16-31)49-46(51-47)32-17-8-4-9-18-32/h3-30H,1-2H3. The molecule has 0 saturated heterocycles. The Balaban J connectivity index is 1.13. The molecule has 0 radical (unpaired) electrons. The lowest BCUT2D eigenvalue weighted by Crippen LogP contribution is -2.16. The number of anilines is 3. The average Bonchev–Trinajstić information content (AvgIpc) is 3.70. The van der Waals surface area contributed by atoms with E-state index in [1.807, 2.05) is 47.7 Å². The SMILES string of the molecule is CC1(C)c2ccccc2-c2ccc(N(c3ccccc3)c3ccc4c(c3)sc3cccc(-c5nc(-c6ccccc6)nc(-c6ccccc6)n5)c34)cc21. The predicted octanol–water partition coefficient (Wildman–Crippen LogP) is 13.0. The third kappa shape index (κ3) is 5.23. The van der Waals surface area contributed by atoms with Crippen LogP contribution in [0.15, 0.2) is 170 Å². The van der Waals surface area contributed by atoms with E-state index >= 15 is 0 Å². The number of para-hydroxylation sites is 1. The largest absolute Gasteiger partial charge is 0.310 e. The van der Waals surface area contributed by atoms with Crippen molar-refractivity contribution in [1.29, 1.82) is 0 Å². The zero-order valence-corrected chi connectivity index (χ0v) is 30.2. The first kappa shape index (κ1) is 31.3. The Morgan fingerprint density at radius 1 is 0.434 bits per heavy atom. The van der Waals surface area contributed by atoms with Crippen LogP contribution >= 0.6 is 11.3 Å². The van der Waals surface area contributed by atoms with Crippen molar-refractivity contribution < 1.29 is 0 Å². The highest BCUT2D eigenvalue weighted by molar-refractivity contribution is 7.26. The summed E-state index contributed by atoms with van der Waals surface area (Å²) < 4.78 is 2.40. The lowest BCUT2D eigenvalue weighted by Gasteiger charge is -2.28. The summed E-state index contributed by atoms with van der Waals surface area (Å²) in [7, 11) is 0. The molecule has 1 aliphatic carbocycles. The number of rotatable bonds is 6. The van der Waals surface area contributed by atoms with Crippen molar-refractivity contribution in [2.24, 2.45) is 0 Å². The molecule has 5 heteroatoms. The Labute approximate surface area is 312 Å². The number of thiophene rings is 1. The Bertz CT molecular complexity index is 2750. The van der Waals surface area contributed by atoms with Crippen molar-refractivity contribution in [2.45, 2.75) is 19.3 Å². The number of benzene rings is 7. The number of aromatic nitrogens is 3. The minimum Gasteiger partial charge on any atom is -0.310 e. The smallest absolute Gasteiger partial charge is 0.164 e. The molecule has 0 unspecified atom stereocenters. The van der Waals surface area contributed by atoms with Gasteiger partial charge in [-0.1, -0.05) is 141 Å². The van der Waals surface area contributed by atoms with Crippen molar-refractivity contribution in [3.63, 3.8) is 0 Å². The van der Waals surface area contributed by atoms with Gasteiger partial charge in [-0.2, -0.15) is 0 Å². The Morgan fingerprint density at radius 2 is 1.00 bits per heavy atom. The molecular formula is C48H34N4S. The van der Waals surface area contributed by atoms with E-state index in [2.05, 4.69) is 152 Å². The summed E-state index contributed by atoms with van der Waals surface area (Å²) in [6.45, 7) is 4.68. The van der Waals surface area contributed by atoms with Gasteiger partial charge in [0.1, 0.15) is 0 Å². The van der Waals surface area contributed by atoms with Gasteiger partial charge in [0.25, 0.3) is 0 Å². The van der Waals surface area contributed by atoms with Crippen LogP contribution in [0.4, 0.5) is 17.1 Å². The number of nitrogens with zero attached hydrogens (tertiary/aromatic N) is 4. The average molecular weight is 699 g/mol. The van der Waals surface area contributed by atoms with Crippen molar-refractivity contribution in [3.05, 3.63) is 181 Å². The molecule has 4 nitrogen and oxygen atoms in total. The molecule has 0 bridgehead atoms. The van der Waals surface area contributed by atoms with Crippen LogP contribution in [0.25, 0.3) is 65.5 Å². The highest BCUT2D eigenvalue weighted by Crippen LogP contribution is 2.51. The Morgan fingerprint density at radius 3 is 1.72 bits per heavy atom. The zero-order valence-electron chi connectivity index (χ0n) is 29.4. The van der Waals surface area contributed by atoms with Crippen LogP contribution in [0.5, 0.6) is 0 Å². The third-order valence-corrected chi connectivity index (χ3v) is 11.6. The molecule has 53 heavy (non-hydrogen) atoms. The van der Waals surface area contributed by atoms with Crippen molar-refractivity contribution in [3.8, 4) is 45.3 Å². The van der Waals surface area contributed by atoms with Gasteiger partial charge in [0.15, 0.2) is 17.5 Å². The van der Waals surface area contributed by atoms with E-state index < -0.39 is 0 Å². The topological polar surface area (TPSA) is 41.9 Å². The van der Waals surface area contributed by atoms with Crippen LogP contribution < -0.4 is 4.90 Å². The molecule has 0 fully saturated rings. The number of fused-ring (bicyclic) bond motifs is 6. The molecule has 0 atom stereocenters. The summed E-state index contributed by atoms with van der Waals surface area (Å²) >= 11 is 1.81. The summed E-state index contributed by atoms with van der Waals surface area (Å²) in [5.74, 6) is 1.99. The normalized spacial score (nSPS) is 12.9. The first-order valence-electron chi connectivity index (χ1n) is 18.0. The molecule has 0 saturated carbocycles. The Kier molecular flexibility index (Phi) is 7.31. The van der Waals surface area contributed by atoms with Crippen molar-refractivity contribution >= 4 is 48.6 Å². The second-order valence-electron chi connectivity index (χ2n) is 14.1. The molecule has 1 aliphatic rings. The molecule has 10 rings (SSSR count). The molecule has 9 aromatic rings. The van der Waals surface area contributed by atoms with Gasteiger partial charge in [-0.05, 0) is 64.7 Å². The van der Waals surface area contributed by atoms with E-state index in [9.17, 15) is 0 Å². The summed E-state index contributed by atoms with van der Waals surface area (Å²) in [6, 6.07) is 60.1. The summed E-state index contributed by atoms with van der Waals surface area (Å²) in [5, 5.41) is 2.34. The van der Waals surface area contributed by atoms with Gasteiger partial charge in [-0.3, -0.25) is 0 Å². The van der Waals surface area contributed by atoms with E-state index in [0.717, 1.165) is 39.1 Å². The van der Waals surface area contributed by atoms with Crippen LogP contribution in [0.1, 0.15) is 25.0 Å². The van der Waals surface area contributed by atoms with Gasteiger partial charge in [-0.15, -0.1) is 11.3 Å². The van der Waals surface area contributed by atoms with Crippen LogP contribution in [0, 0.1) is 0 Å². The maximum atomic E-state index is 5.09. The molecule has 2 aromatic heterocycles. The van der Waals surface area contributed by atoms with E-state index in [1.54, 1.807) is 0 Å². The van der Waals surface area contributed by atoms with E-state index in [1.165, 1.54) is 37.0 Å². The minimum atomic E-state index is -0.0914. The molecule has 0 aliphatic heterocycles. The fourth-order valence-corrected chi connectivity index (χ4v) is 9.09. The highest BCUT2D eigenvalue weighted by atomic mass is 32.1. The van der Waals surface area contributed by atoms with Crippen LogP contribution in [0.2, 0.25) is 0 Å². The number of hydrogen-bond donors (Lipinski definition) is 0. The fraction of sp³-hybridized carbons (Fsp3) is 0.0625. The van der Waals surface area contributed by atoms with Gasteiger partial charge >= 0.3 is 0 Å². The summed E-state index contributed by atoms with van der Waals surface area (Å²) in [4.78, 5) is 17.5. The minimum absolute atomic E-state index is 0.0914. The van der Waals surface area contributed by atoms with Gasteiger partial charge in [0.05, 0.1) is 0 Å². The maximum Gasteiger partial charge on any atom is 0.164 e. The Hall–Kier alpha value is -6.43. The van der Waals surface area contributed by atoms with Crippen LogP contribution in [-0.4, -0.2) is 15.0 Å². The summed E-state index contributed by atoms with van der Waals surface area (Å²) in [5.41, 5.74) is 11.6. The first-order valence-corrected chi connectivity index (χ1v) is 18.8. The molecule has 2 heterocycles. The van der Waals surface area contributed by atoms with E-state index in [-0.39, 0.29) is 5.41 Å². The monoisotopic (exact) mass is 698 g/mol. The maximum absolute atomic E-state index is 5.09. The lowest BCUT2D eigenvalue weighted by molar-refractivity contribution is 0.660. The molecular weight excluding hydrogens is 665 g/mol.